The van der Waals surface area contributed by atoms with Crippen LogP contribution < -0.4 is 0 Å². The Kier molecular flexibility index (Phi) is 4.03. The molecule has 60 valence electrons. The van der Waals surface area contributed by atoms with Crippen LogP contribution in [-0.4, -0.2) is 36.1 Å². The molecule has 0 aliphatic carbocycles. The van der Waals surface area contributed by atoms with Crippen LogP contribution in [0.5, 0.6) is 0 Å². The summed E-state index contributed by atoms with van der Waals surface area (Å²) in [5.74, 6) is -0.730. The largest absolute Gasteiger partial charge is 0.480 e. The highest BCUT2D eigenvalue weighted by atomic mass is 16.4. The molecule has 0 bridgehead atoms. The summed E-state index contributed by atoms with van der Waals surface area (Å²) in [5.41, 5.74) is 0. The molecule has 0 aliphatic rings. The van der Waals surface area contributed by atoms with Gasteiger partial charge in [0.05, 0.1) is 0 Å². The van der Waals surface area contributed by atoms with Gasteiger partial charge < -0.3 is 5.11 Å². The standard InChI is InChI=1S/C7H15NO2/c1-4-5-6(7(9)10)8(2)3/h6H,4-5H2,1-3H3,(H,9,10). The van der Waals surface area contributed by atoms with Crippen molar-refractivity contribution < 1.29 is 9.90 Å². The fourth-order valence-electron chi connectivity index (χ4n) is 0.876. The van der Waals surface area contributed by atoms with Gasteiger partial charge in [-0.15, -0.1) is 0 Å². The van der Waals surface area contributed by atoms with Gasteiger partial charge >= 0.3 is 5.97 Å². The maximum Gasteiger partial charge on any atom is 0.320 e. The van der Waals surface area contributed by atoms with Crippen molar-refractivity contribution in [2.24, 2.45) is 0 Å². The third-order valence-corrected chi connectivity index (χ3v) is 1.47. The number of carboxylic acid groups (broad SMARTS) is 1. The summed E-state index contributed by atoms with van der Waals surface area (Å²) in [7, 11) is 3.57. The fourth-order valence-corrected chi connectivity index (χ4v) is 0.876. The predicted octanol–water partition coefficient (Wildman–Crippen LogP) is 0.801. The Bertz CT molecular complexity index is 112. The van der Waals surface area contributed by atoms with Crippen LogP contribution in [0.2, 0.25) is 0 Å². The van der Waals surface area contributed by atoms with E-state index >= 15 is 0 Å². The van der Waals surface area contributed by atoms with Crippen molar-refractivity contribution in [3.05, 3.63) is 0 Å². The second-order valence-electron chi connectivity index (χ2n) is 2.61. The van der Waals surface area contributed by atoms with E-state index in [9.17, 15) is 4.79 Å². The maximum absolute atomic E-state index is 10.5. The van der Waals surface area contributed by atoms with Crippen molar-refractivity contribution in [1.82, 2.24) is 4.90 Å². The van der Waals surface area contributed by atoms with E-state index in [0.29, 0.717) is 0 Å². The minimum absolute atomic E-state index is 0.315. The first-order valence-corrected chi connectivity index (χ1v) is 3.48. The first-order chi connectivity index (χ1) is 4.59. The van der Waals surface area contributed by atoms with Gasteiger partial charge in [0.2, 0.25) is 0 Å². The van der Waals surface area contributed by atoms with E-state index in [1.54, 1.807) is 19.0 Å². The minimum atomic E-state index is -0.730. The molecule has 0 heterocycles. The highest BCUT2D eigenvalue weighted by Crippen LogP contribution is 2.02. The van der Waals surface area contributed by atoms with Crippen LogP contribution in [0.1, 0.15) is 19.8 Å². The monoisotopic (exact) mass is 145 g/mol. The summed E-state index contributed by atoms with van der Waals surface area (Å²) in [6.07, 6.45) is 1.64. The number of aliphatic carboxylic acids is 1. The zero-order valence-corrected chi connectivity index (χ0v) is 6.79. The summed E-state index contributed by atoms with van der Waals surface area (Å²) < 4.78 is 0. The van der Waals surface area contributed by atoms with Gasteiger partial charge in [0.1, 0.15) is 6.04 Å². The molecule has 1 atom stereocenters. The van der Waals surface area contributed by atoms with E-state index in [2.05, 4.69) is 0 Å². The number of carboxylic acids is 1. The van der Waals surface area contributed by atoms with Crippen LogP contribution in [0.15, 0.2) is 0 Å². The molecule has 10 heavy (non-hydrogen) atoms. The summed E-state index contributed by atoms with van der Waals surface area (Å²) in [5, 5.41) is 8.63. The molecule has 1 N–H and O–H groups in total. The Morgan fingerprint density at radius 2 is 2.10 bits per heavy atom. The van der Waals surface area contributed by atoms with Gasteiger partial charge in [0.25, 0.3) is 0 Å². The third-order valence-electron chi connectivity index (χ3n) is 1.47. The van der Waals surface area contributed by atoms with Crippen LogP contribution in [-0.2, 0) is 4.79 Å². The lowest BCUT2D eigenvalue weighted by Crippen LogP contribution is -2.35. The Morgan fingerprint density at radius 1 is 1.60 bits per heavy atom. The Labute approximate surface area is 61.6 Å². The molecule has 0 aromatic rings. The van der Waals surface area contributed by atoms with Gasteiger partial charge in [0, 0.05) is 0 Å². The van der Waals surface area contributed by atoms with E-state index in [1.807, 2.05) is 6.92 Å². The molecule has 0 amide bonds. The molecule has 0 aromatic carbocycles. The average molecular weight is 145 g/mol. The predicted molar refractivity (Wildman–Crippen MR) is 40.0 cm³/mol. The van der Waals surface area contributed by atoms with Crippen molar-refractivity contribution in [2.75, 3.05) is 14.1 Å². The second kappa shape index (κ2) is 4.28. The van der Waals surface area contributed by atoms with Gasteiger partial charge in [-0.2, -0.15) is 0 Å². The molecule has 0 saturated heterocycles. The average Bonchev–Trinajstić information content (AvgIpc) is 1.81. The lowest BCUT2D eigenvalue weighted by Gasteiger charge is -2.18. The first-order valence-electron chi connectivity index (χ1n) is 3.48. The molecule has 3 nitrogen and oxygen atoms in total. The highest BCUT2D eigenvalue weighted by Gasteiger charge is 2.17. The van der Waals surface area contributed by atoms with E-state index in [4.69, 9.17) is 5.11 Å². The van der Waals surface area contributed by atoms with Crippen LogP contribution in [0.4, 0.5) is 0 Å². The van der Waals surface area contributed by atoms with Crippen molar-refractivity contribution in [3.8, 4) is 0 Å². The normalized spacial score (nSPS) is 13.6. The Balaban J connectivity index is 3.85. The van der Waals surface area contributed by atoms with Crippen LogP contribution >= 0.6 is 0 Å². The minimum Gasteiger partial charge on any atom is -0.480 e. The van der Waals surface area contributed by atoms with Crippen molar-refractivity contribution in [2.45, 2.75) is 25.8 Å². The summed E-state index contributed by atoms with van der Waals surface area (Å²) in [6, 6.07) is -0.315. The number of likely N-dealkylation sites (N-methyl/N-ethyl adjacent to an activating group) is 1. The molecule has 0 radical (unpaired) electrons. The lowest BCUT2D eigenvalue weighted by molar-refractivity contribution is -0.142. The van der Waals surface area contributed by atoms with Crippen molar-refractivity contribution >= 4 is 5.97 Å². The molecular weight excluding hydrogens is 130 g/mol. The molecule has 1 unspecified atom stereocenters. The first kappa shape index (κ1) is 9.43. The molecule has 0 aromatic heterocycles. The SMILES string of the molecule is CCCC(C(=O)O)N(C)C. The molecule has 0 saturated carbocycles. The number of hydrogen-bond acceptors (Lipinski definition) is 2. The number of nitrogens with zero attached hydrogens (tertiary/aromatic N) is 1. The van der Waals surface area contributed by atoms with E-state index < -0.39 is 5.97 Å². The topological polar surface area (TPSA) is 40.5 Å². The van der Waals surface area contributed by atoms with Crippen LogP contribution in [0.25, 0.3) is 0 Å². The third kappa shape index (κ3) is 2.82. The molecule has 3 heteroatoms. The molecular formula is C7H15NO2. The van der Waals surface area contributed by atoms with Gasteiger partial charge in [-0.25, -0.2) is 0 Å². The van der Waals surface area contributed by atoms with E-state index in [1.165, 1.54) is 0 Å². The van der Waals surface area contributed by atoms with Gasteiger partial charge in [-0.05, 0) is 20.5 Å². The van der Waals surface area contributed by atoms with Crippen molar-refractivity contribution in [1.29, 1.82) is 0 Å². The van der Waals surface area contributed by atoms with Gasteiger partial charge in [0.15, 0.2) is 0 Å². The maximum atomic E-state index is 10.5. The van der Waals surface area contributed by atoms with E-state index in [0.717, 1.165) is 12.8 Å². The smallest absolute Gasteiger partial charge is 0.320 e. The zero-order chi connectivity index (χ0) is 8.15. The number of carbonyl (C=O) groups is 1. The zero-order valence-electron chi connectivity index (χ0n) is 6.79. The van der Waals surface area contributed by atoms with E-state index in [-0.39, 0.29) is 6.04 Å². The molecule has 0 rings (SSSR count). The van der Waals surface area contributed by atoms with Gasteiger partial charge in [-0.3, -0.25) is 9.69 Å². The van der Waals surface area contributed by atoms with Crippen LogP contribution in [0, 0.1) is 0 Å². The quantitative estimate of drug-likeness (QED) is 0.636. The highest BCUT2D eigenvalue weighted by molar-refractivity contribution is 5.73. The second-order valence-corrected chi connectivity index (χ2v) is 2.61. The van der Waals surface area contributed by atoms with Gasteiger partial charge in [-0.1, -0.05) is 13.3 Å². The Morgan fingerprint density at radius 3 is 2.20 bits per heavy atom. The Hall–Kier alpha value is -0.570. The fraction of sp³-hybridized carbons (Fsp3) is 0.857. The molecule has 0 spiro atoms. The van der Waals surface area contributed by atoms with Crippen molar-refractivity contribution in [3.63, 3.8) is 0 Å². The molecule has 0 aliphatic heterocycles. The number of hydrogen-bond donors (Lipinski definition) is 1. The number of rotatable bonds is 4. The molecule has 0 fully saturated rings. The summed E-state index contributed by atoms with van der Waals surface area (Å²) in [4.78, 5) is 12.2. The summed E-state index contributed by atoms with van der Waals surface area (Å²) in [6.45, 7) is 1.99. The lowest BCUT2D eigenvalue weighted by atomic mass is 10.1. The summed E-state index contributed by atoms with van der Waals surface area (Å²) >= 11 is 0. The van der Waals surface area contributed by atoms with Crippen LogP contribution in [0.3, 0.4) is 0 Å².